The summed E-state index contributed by atoms with van der Waals surface area (Å²) >= 11 is 0. The molecule has 0 saturated carbocycles. The Morgan fingerprint density at radius 1 is 1.00 bits per heavy atom. The van der Waals surface area contributed by atoms with Gasteiger partial charge < -0.3 is 4.90 Å². The van der Waals surface area contributed by atoms with E-state index in [1.807, 2.05) is 61.8 Å². The minimum Gasteiger partial charge on any atom is -0.330 e. The van der Waals surface area contributed by atoms with E-state index in [-0.39, 0.29) is 11.5 Å². The van der Waals surface area contributed by atoms with Crippen LogP contribution in [-0.4, -0.2) is 15.6 Å². The first-order valence-electron chi connectivity index (χ1n) is 8.40. The van der Waals surface area contributed by atoms with Crippen molar-refractivity contribution in [1.29, 1.82) is 0 Å². The lowest BCUT2D eigenvalue weighted by molar-refractivity contribution is -0.384. The van der Waals surface area contributed by atoms with Crippen LogP contribution in [0.15, 0.2) is 90.9 Å². The van der Waals surface area contributed by atoms with Crippen LogP contribution in [0.1, 0.15) is 21.5 Å². The van der Waals surface area contributed by atoms with E-state index >= 15 is 0 Å². The SMILES string of the molecule is Cc1ccc(C(=O)/C=C/N2C=CC(=Cc3ccc([N+](=O)[O-])cc3)C=C2)cc1. The second-order valence-corrected chi connectivity index (χ2v) is 6.12. The fourth-order valence-electron chi connectivity index (χ4n) is 2.50. The zero-order valence-electron chi connectivity index (χ0n) is 14.8. The van der Waals surface area contributed by atoms with Gasteiger partial charge in [-0.15, -0.1) is 0 Å². The largest absolute Gasteiger partial charge is 0.330 e. The number of benzene rings is 2. The minimum atomic E-state index is -0.417. The second kappa shape index (κ2) is 8.10. The smallest absolute Gasteiger partial charge is 0.269 e. The summed E-state index contributed by atoms with van der Waals surface area (Å²) in [6, 6.07) is 13.8. The fraction of sp³-hybridized carbons (Fsp3) is 0.0455. The summed E-state index contributed by atoms with van der Waals surface area (Å²) in [6.07, 6.45) is 12.7. The summed E-state index contributed by atoms with van der Waals surface area (Å²) in [4.78, 5) is 24.2. The monoisotopic (exact) mass is 358 g/mol. The first-order valence-corrected chi connectivity index (χ1v) is 8.40. The van der Waals surface area contributed by atoms with Crippen molar-refractivity contribution in [2.75, 3.05) is 0 Å². The molecule has 0 bridgehead atoms. The molecule has 0 amide bonds. The van der Waals surface area contributed by atoms with E-state index in [1.54, 1.807) is 23.2 Å². The van der Waals surface area contributed by atoms with Gasteiger partial charge in [-0.3, -0.25) is 14.9 Å². The summed E-state index contributed by atoms with van der Waals surface area (Å²) in [6.45, 7) is 1.98. The number of carbonyl (C=O) groups excluding carboxylic acids is 1. The van der Waals surface area contributed by atoms with Gasteiger partial charge in [0.1, 0.15) is 0 Å². The molecular weight excluding hydrogens is 340 g/mol. The molecule has 2 aromatic carbocycles. The molecule has 1 aliphatic heterocycles. The molecule has 0 spiro atoms. The highest BCUT2D eigenvalue weighted by molar-refractivity contribution is 6.04. The third kappa shape index (κ3) is 4.89. The van der Waals surface area contributed by atoms with Crippen molar-refractivity contribution >= 4 is 17.5 Å². The number of hydrogen-bond acceptors (Lipinski definition) is 4. The van der Waals surface area contributed by atoms with Crippen LogP contribution in [0, 0.1) is 17.0 Å². The van der Waals surface area contributed by atoms with Gasteiger partial charge in [-0.25, -0.2) is 0 Å². The van der Waals surface area contributed by atoms with Gasteiger partial charge in [0.15, 0.2) is 5.78 Å². The highest BCUT2D eigenvalue weighted by Gasteiger charge is 2.04. The number of allylic oxidation sites excluding steroid dienone is 4. The van der Waals surface area contributed by atoms with Crippen molar-refractivity contribution in [3.8, 4) is 0 Å². The lowest BCUT2D eigenvalue weighted by Crippen LogP contribution is -2.04. The number of nitro groups is 1. The van der Waals surface area contributed by atoms with Crippen LogP contribution >= 0.6 is 0 Å². The van der Waals surface area contributed by atoms with E-state index in [2.05, 4.69) is 0 Å². The Balaban J connectivity index is 1.62. The quantitative estimate of drug-likeness (QED) is 0.326. The molecular formula is C22H18N2O3. The number of hydrogen-bond donors (Lipinski definition) is 0. The number of ketones is 1. The van der Waals surface area contributed by atoms with E-state index < -0.39 is 4.92 Å². The van der Waals surface area contributed by atoms with Crippen LogP contribution in [-0.2, 0) is 0 Å². The Morgan fingerprint density at radius 3 is 2.22 bits per heavy atom. The van der Waals surface area contributed by atoms with E-state index in [0.29, 0.717) is 5.56 Å². The van der Waals surface area contributed by atoms with Gasteiger partial charge in [0.2, 0.25) is 0 Å². The number of nitro benzene ring substituents is 1. The normalized spacial score (nSPS) is 13.2. The number of non-ortho nitro benzene ring substituents is 1. The Hall–Kier alpha value is -3.73. The zero-order valence-corrected chi connectivity index (χ0v) is 14.8. The van der Waals surface area contributed by atoms with Crippen molar-refractivity contribution in [3.63, 3.8) is 0 Å². The van der Waals surface area contributed by atoms with Gasteiger partial charge in [0.05, 0.1) is 4.92 Å². The molecule has 0 radical (unpaired) electrons. The maximum Gasteiger partial charge on any atom is 0.269 e. The number of aryl methyl sites for hydroxylation is 1. The fourth-order valence-corrected chi connectivity index (χ4v) is 2.50. The van der Waals surface area contributed by atoms with Crippen LogP contribution in [0.4, 0.5) is 5.69 Å². The van der Waals surface area contributed by atoms with Crippen molar-refractivity contribution in [3.05, 3.63) is 118 Å². The van der Waals surface area contributed by atoms with Crippen molar-refractivity contribution in [1.82, 2.24) is 4.90 Å². The van der Waals surface area contributed by atoms with Crippen molar-refractivity contribution < 1.29 is 9.72 Å². The zero-order chi connectivity index (χ0) is 19.2. The van der Waals surface area contributed by atoms with E-state index in [4.69, 9.17) is 0 Å². The number of carbonyl (C=O) groups is 1. The molecule has 0 unspecified atom stereocenters. The molecule has 0 fully saturated rings. The molecule has 5 nitrogen and oxygen atoms in total. The summed E-state index contributed by atoms with van der Waals surface area (Å²) < 4.78 is 0. The molecule has 3 rings (SSSR count). The van der Waals surface area contributed by atoms with Gasteiger partial charge in [-0.2, -0.15) is 0 Å². The standard InChI is InChI=1S/C22H18N2O3/c1-17-2-6-20(7-3-17)22(25)12-15-23-13-10-19(11-14-23)16-18-4-8-21(9-5-18)24(26)27/h2-16H,1H3/b15-12+. The molecule has 0 N–H and O–H groups in total. The van der Waals surface area contributed by atoms with Crippen LogP contribution in [0.2, 0.25) is 0 Å². The molecule has 1 heterocycles. The van der Waals surface area contributed by atoms with E-state index in [0.717, 1.165) is 16.7 Å². The van der Waals surface area contributed by atoms with E-state index in [1.165, 1.54) is 18.2 Å². The Labute approximate surface area is 157 Å². The minimum absolute atomic E-state index is 0.0518. The molecule has 2 aromatic rings. The third-order valence-electron chi connectivity index (χ3n) is 4.05. The van der Waals surface area contributed by atoms with Crippen molar-refractivity contribution in [2.45, 2.75) is 6.92 Å². The van der Waals surface area contributed by atoms with Gasteiger partial charge in [-0.05, 0) is 48.4 Å². The number of nitrogens with zero attached hydrogens (tertiary/aromatic N) is 2. The lowest BCUT2D eigenvalue weighted by Gasteiger charge is -2.13. The van der Waals surface area contributed by atoms with Gasteiger partial charge in [0.25, 0.3) is 5.69 Å². The Morgan fingerprint density at radius 2 is 1.63 bits per heavy atom. The van der Waals surface area contributed by atoms with Crippen LogP contribution in [0.25, 0.3) is 6.08 Å². The summed E-state index contributed by atoms with van der Waals surface area (Å²) in [5.74, 6) is -0.0518. The number of rotatable bonds is 5. The highest BCUT2D eigenvalue weighted by atomic mass is 16.6. The van der Waals surface area contributed by atoms with Gasteiger partial charge in [0, 0.05) is 42.4 Å². The van der Waals surface area contributed by atoms with Gasteiger partial charge in [-0.1, -0.05) is 29.8 Å². The third-order valence-corrected chi connectivity index (χ3v) is 4.05. The maximum absolute atomic E-state index is 12.2. The van der Waals surface area contributed by atoms with E-state index in [9.17, 15) is 14.9 Å². The molecule has 0 atom stereocenters. The highest BCUT2D eigenvalue weighted by Crippen LogP contribution is 2.17. The van der Waals surface area contributed by atoms with Gasteiger partial charge >= 0.3 is 0 Å². The molecule has 0 aromatic heterocycles. The Kier molecular flexibility index (Phi) is 5.42. The Bertz CT molecular complexity index is 950. The first-order chi connectivity index (χ1) is 13.0. The van der Waals surface area contributed by atoms with Crippen LogP contribution in [0.5, 0.6) is 0 Å². The molecule has 0 saturated heterocycles. The molecule has 134 valence electrons. The topological polar surface area (TPSA) is 63.5 Å². The summed E-state index contributed by atoms with van der Waals surface area (Å²) in [5.41, 5.74) is 3.67. The molecule has 5 heteroatoms. The summed E-state index contributed by atoms with van der Waals surface area (Å²) in [5, 5.41) is 10.7. The average molecular weight is 358 g/mol. The second-order valence-electron chi connectivity index (χ2n) is 6.12. The first kappa shape index (κ1) is 18.1. The molecule has 27 heavy (non-hydrogen) atoms. The summed E-state index contributed by atoms with van der Waals surface area (Å²) in [7, 11) is 0. The average Bonchev–Trinajstić information content (AvgIpc) is 2.68. The maximum atomic E-state index is 12.2. The van der Waals surface area contributed by atoms with Crippen LogP contribution < -0.4 is 0 Å². The molecule has 0 aliphatic carbocycles. The van der Waals surface area contributed by atoms with Crippen LogP contribution in [0.3, 0.4) is 0 Å². The lowest BCUT2D eigenvalue weighted by atomic mass is 10.1. The predicted octanol–water partition coefficient (Wildman–Crippen LogP) is 5.03. The van der Waals surface area contributed by atoms with Crippen molar-refractivity contribution in [2.24, 2.45) is 0 Å². The predicted molar refractivity (Wildman–Crippen MR) is 106 cm³/mol. The molecule has 1 aliphatic rings.